The van der Waals surface area contributed by atoms with Crippen LogP contribution in [0, 0.1) is 13.8 Å². The Hall–Kier alpha value is -1.87. The first-order valence-electron chi connectivity index (χ1n) is 5.65. The van der Waals surface area contributed by atoms with Gasteiger partial charge in [0.1, 0.15) is 0 Å². The molecule has 0 atom stereocenters. The molecule has 2 rings (SSSR count). The molecule has 0 bridgehead atoms. The molecule has 1 heterocycles. The Morgan fingerprint density at radius 3 is 2.72 bits per heavy atom. The predicted octanol–water partition coefficient (Wildman–Crippen LogP) is 4.13. The zero-order chi connectivity index (χ0) is 13.1. The van der Waals surface area contributed by atoms with E-state index in [1.807, 2.05) is 18.2 Å². The molecule has 1 aromatic heterocycles. The minimum Gasteiger partial charge on any atom is -0.478 e. The fourth-order valence-corrected chi connectivity index (χ4v) is 2.75. The van der Waals surface area contributed by atoms with Crippen LogP contribution in [0.1, 0.15) is 16.0 Å². The molecule has 0 saturated carbocycles. The van der Waals surface area contributed by atoms with E-state index in [1.54, 1.807) is 17.4 Å². The fraction of sp³-hybridized carbons (Fsp3) is 0.133. The van der Waals surface area contributed by atoms with Crippen molar-refractivity contribution in [2.75, 3.05) is 0 Å². The van der Waals surface area contributed by atoms with Gasteiger partial charge in [0, 0.05) is 15.8 Å². The third kappa shape index (κ3) is 2.68. The third-order valence-corrected chi connectivity index (χ3v) is 3.97. The highest BCUT2D eigenvalue weighted by molar-refractivity contribution is 7.16. The number of benzene rings is 1. The second-order valence-corrected chi connectivity index (χ2v) is 5.24. The summed E-state index contributed by atoms with van der Waals surface area (Å²) >= 11 is 1.60. The van der Waals surface area contributed by atoms with Crippen molar-refractivity contribution in [1.29, 1.82) is 0 Å². The van der Waals surface area contributed by atoms with Crippen LogP contribution in [0.15, 0.2) is 36.4 Å². The topological polar surface area (TPSA) is 37.3 Å². The van der Waals surface area contributed by atoms with Crippen molar-refractivity contribution in [1.82, 2.24) is 0 Å². The SMILES string of the molecule is Cc1cccc(-c2ccc(/C=C/C(=O)O)s2)c1C. The average molecular weight is 258 g/mol. The van der Waals surface area contributed by atoms with Crippen molar-refractivity contribution >= 4 is 23.4 Å². The first-order chi connectivity index (χ1) is 8.58. The van der Waals surface area contributed by atoms with Crippen LogP contribution < -0.4 is 0 Å². The van der Waals surface area contributed by atoms with Gasteiger partial charge in [0.05, 0.1) is 0 Å². The highest BCUT2D eigenvalue weighted by Crippen LogP contribution is 2.32. The largest absolute Gasteiger partial charge is 0.478 e. The molecule has 18 heavy (non-hydrogen) atoms. The second kappa shape index (κ2) is 5.19. The van der Waals surface area contributed by atoms with E-state index in [0.29, 0.717) is 0 Å². The molecule has 0 fully saturated rings. The summed E-state index contributed by atoms with van der Waals surface area (Å²) in [5.41, 5.74) is 3.76. The van der Waals surface area contributed by atoms with Gasteiger partial charge in [0.25, 0.3) is 0 Å². The fourth-order valence-electron chi connectivity index (χ4n) is 1.76. The molecule has 0 unspecified atom stereocenters. The number of hydrogen-bond acceptors (Lipinski definition) is 2. The van der Waals surface area contributed by atoms with Crippen molar-refractivity contribution in [3.63, 3.8) is 0 Å². The van der Waals surface area contributed by atoms with Gasteiger partial charge in [-0.15, -0.1) is 11.3 Å². The van der Waals surface area contributed by atoms with E-state index < -0.39 is 5.97 Å². The number of thiophene rings is 1. The number of aryl methyl sites for hydroxylation is 1. The van der Waals surface area contributed by atoms with Gasteiger partial charge in [0.15, 0.2) is 0 Å². The average Bonchev–Trinajstić information content (AvgIpc) is 2.78. The maximum absolute atomic E-state index is 10.5. The van der Waals surface area contributed by atoms with Crippen molar-refractivity contribution in [2.24, 2.45) is 0 Å². The van der Waals surface area contributed by atoms with Crippen LogP contribution in [-0.4, -0.2) is 11.1 Å². The summed E-state index contributed by atoms with van der Waals surface area (Å²) in [6.07, 6.45) is 2.79. The quantitative estimate of drug-likeness (QED) is 0.840. The van der Waals surface area contributed by atoms with Crippen LogP contribution >= 0.6 is 11.3 Å². The van der Waals surface area contributed by atoms with E-state index in [0.717, 1.165) is 4.88 Å². The standard InChI is InChI=1S/C15H14O2S/c1-10-4-3-5-13(11(10)2)14-8-6-12(18-14)7-9-15(16)17/h3-9H,1-2H3,(H,16,17)/b9-7+. The summed E-state index contributed by atoms with van der Waals surface area (Å²) in [4.78, 5) is 12.6. The third-order valence-electron chi connectivity index (χ3n) is 2.89. The molecule has 2 nitrogen and oxygen atoms in total. The Labute approximate surface area is 110 Å². The summed E-state index contributed by atoms with van der Waals surface area (Å²) < 4.78 is 0. The minimum atomic E-state index is -0.920. The van der Waals surface area contributed by atoms with Gasteiger partial charge in [-0.05, 0) is 48.7 Å². The number of carboxylic acids is 1. The molecule has 1 N–H and O–H groups in total. The smallest absolute Gasteiger partial charge is 0.328 e. The Balaban J connectivity index is 2.35. The monoisotopic (exact) mass is 258 g/mol. The first-order valence-corrected chi connectivity index (χ1v) is 6.47. The molecule has 0 aliphatic carbocycles. The molecule has 0 spiro atoms. The summed E-state index contributed by atoms with van der Waals surface area (Å²) in [6, 6.07) is 10.2. The summed E-state index contributed by atoms with van der Waals surface area (Å²) in [5.74, 6) is -0.920. The highest BCUT2D eigenvalue weighted by atomic mass is 32.1. The molecule has 2 aromatic rings. The maximum atomic E-state index is 10.5. The first kappa shape index (κ1) is 12.6. The van der Waals surface area contributed by atoms with Gasteiger partial charge in [-0.25, -0.2) is 4.79 Å². The zero-order valence-electron chi connectivity index (χ0n) is 10.3. The van der Waals surface area contributed by atoms with Crippen LogP contribution in [0.4, 0.5) is 0 Å². The van der Waals surface area contributed by atoms with Gasteiger partial charge < -0.3 is 5.11 Å². The number of carbonyl (C=O) groups is 1. The molecule has 0 saturated heterocycles. The van der Waals surface area contributed by atoms with Crippen LogP contribution in [0.5, 0.6) is 0 Å². The Bertz CT molecular complexity index is 609. The van der Waals surface area contributed by atoms with Crippen LogP contribution in [-0.2, 0) is 4.79 Å². The Kier molecular flexibility index (Phi) is 3.63. The minimum absolute atomic E-state index is 0.920. The van der Waals surface area contributed by atoms with E-state index in [4.69, 9.17) is 5.11 Å². The molecule has 0 radical (unpaired) electrons. The molecule has 3 heteroatoms. The number of hydrogen-bond donors (Lipinski definition) is 1. The molecular formula is C15H14O2S. The van der Waals surface area contributed by atoms with Gasteiger partial charge in [-0.2, -0.15) is 0 Å². The number of rotatable bonds is 3. The van der Waals surface area contributed by atoms with E-state index in [-0.39, 0.29) is 0 Å². The highest BCUT2D eigenvalue weighted by Gasteiger charge is 2.06. The van der Waals surface area contributed by atoms with Gasteiger partial charge in [0.2, 0.25) is 0 Å². The van der Waals surface area contributed by atoms with Gasteiger partial charge in [-0.1, -0.05) is 18.2 Å². The number of aliphatic carboxylic acids is 1. The predicted molar refractivity (Wildman–Crippen MR) is 75.9 cm³/mol. The second-order valence-electron chi connectivity index (χ2n) is 4.12. The van der Waals surface area contributed by atoms with Crippen molar-refractivity contribution in [2.45, 2.75) is 13.8 Å². The maximum Gasteiger partial charge on any atom is 0.328 e. The van der Waals surface area contributed by atoms with Crippen molar-refractivity contribution in [3.8, 4) is 10.4 Å². The Morgan fingerprint density at radius 1 is 1.22 bits per heavy atom. The molecular weight excluding hydrogens is 244 g/mol. The lowest BCUT2D eigenvalue weighted by Crippen LogP contribution is -1.84. The van der Waals surface area contributed by atoms with Crippen molar-refractivity contribution in [3.05, 3.63) is 52.4 Å². The summed E-state index contributed by atoms with van der Waals surface area (Å²) in [6.45, 7) is 4.20. The van der Waals surface area contributed by atoms with Crippen molar-refractivity contribution < 1.29 is 9.90 Å². The zero-order valence-corrected chi connectivity index (χ0v) is 11.1. The lowest BCUT2D eigenvalue weighted by Gasteiger charge is -2.05. The van der Waals surface area contributed by atoms with E-state index in [2.05, 4.69) is 26.0 Å². The molecule has 0 aliphatic rings. The number of carboxylic acid groups (broad SMARTS) is 1. The Morgan fingerprint density at radius 2 is 2.00 bits per heavy atom. The lowest BCUT2D eigenvalue weighted by atomic mass is 10.0. The molecule has 0 aliphatic heterocycles. The van der Waals surface area contributed by atoms with E-state index >= 15 is 0 Å². The van der Waals surface area contributed by atoms with Gasteiger partial charge in [-0.3, -0.25) is 0 Å². The van der Waals surface area contributed by atoms with E-state index in [1.165, 1.54) is 27.6 Å². The summed E-state index contributed by atoms with van der Waals surface area (Å²) in [5, 5.41) is 8.60. The molecule has 1 aromatic carbocycles. The van der Waals surface area contributed by atoms with Crippen LogP contribution in [0.2, 0.25) is 0 Å². The lowest BCUT2D eigenvalue weighted by molar-refractivity contribution is -0.131. The molecule has 92 valence electrons. The van der Waals surface area contributed by atoms with Crippen LogP contribution in [0.3, 0.4) is 0 Å². The van der Waals surface area contributed by atoms with Crippen LogP contribution in [0.25, 0.3) is 16.5 Å². The summed E-state index contributed by atoms with van der Waals surface area (Å²) in [7, 11) is 0. The van der Waals surface area contributed by atoms with E-state index in [9.17, 15) is 4.79 Å². The normalized spacial score (nSPS) is 11.0. The van der Waals surface area contributed by atoms with Gasteiger partial charge >= 0.3 is 5.97 Å². The molecule has 0 amide bonds.